The Labute approximate surface area is 211 Å². The van der Waals surface area contributed by atoms with Gasteiger partial charge < -0.3 is 17.7 Å². The maximum absolute atomic E-state index is 5.90. The minimum absolute atomic E-state index is 0.968. The number of benzene rings is 2. The Kier molecular flexibility index (Phi) is 14.1. The highest BCUT2D eigenvalue weighted by Gasteiger charge is 2.38. The first kappa shape index (κ1) is 28.4. The molecule has 0 N–H and O–H groups in total. The summed E-state index contributed by atoms with van der Waals surface area (Å²) in [6.07, 6.45) is 2.16. The predicted molar refractivity (Wildman–Crippen MR) is 151 cm³/mol. The van der Waals surface area contributed by atoms with Crippen LogP contribution in [0, 0.1) is 0 Å². The maximum atomic E-state index is 5.90. The van der Waals surface area contributed by atoms with Crippen molar-refractivity contribution in [3.8, 4) is 0 Å². The van der Waals surface area contributed by atoms with Crippen molar-refractivity contribution in [2.24, 2.45) is 0 Å². The van der Waals surface area contributed by atoms with Gasteiger partial charge in [0.1, 0.15) is 0 Å². The van der Waals surface area contributed by atoms with Crippen molar-refractivity contribution in [1.82, 2.24) is 0 Å². The van der Waals surface area contributed by atoms with Gasteiger partial charge in [0.05, 0.1) is 0 Å². The summed E-state index contributed by atoms with van der Waals surface area (Å²) in [5.74, 6) is 2.17. The maximum Gasteiger partial charge on any atom is 0.372 e. The van der Waals surface area contributed by atoms with Gasteiger partial charge in [0.15, 0.2) is 0 Å². The van der Waals surface area contributed by atoms with Crippen LogP contribution in [0.1, 0.15) is 12.8 Å². The zero-order chi connectivity index (χ0) is 23.1. The molecular formula is C22H34O4S4Si2. The Morgan fingerprint density at radius 3 is 1.22 bits per heavy atom. The van der Waals surface area contributed by atoms with Crippen molar-refractivity contribution in [3.63, 3.8) is 0 Å². The third-order valence-electron chi connectivity index (χ3n) is 5.34. The molecule has 0 aliphatic heterocycles. The van der Waals surface area contributed by atoms with E-state index in [0.717, 1.165) is 36.4 Å². The van der Waals surface area contributed by atoms with E-state index in [1.165, 1.54) is 10.4 Å². The van der Waals surface area contributed by atoms with Crippen LogP contribution < -0.4 is 10.4 Å². The zero-order valence-corrected chi connectivity index (χ0v) is 24.5. The average Bonchev–Trinajstić information content (AvgIpc) is 2.87. The average molecular weight is 547 g/mol. The topological polar surface area (TPSA) is 36.9 Å². The summed E-state index contributed by atoms with van der Waals surface area (Å²) in [5, 5.41) is 2.41. The van der Waals surface area contributed by atoms with Gasteiger partial charge in [0.2, 0.25) is 0 Å². The van der Waals surface area contributed by atoms with Crippen LogP contribution >= 0.6 is 41.2 Å². The molecule has 0 unspecified atom stereocenters. The first-order chi connectivity index (χ1) is 15.7. The largest absolute Gasteiger partial charge is 0.394 e. The number of hydrogen-bond acceptors (Lipinski definition) is 8. The molecule has 0 amide bonds. The molecule has 0 aliphatic carbocycles. The lowest BCUT2D eigenvalue weighted by Crippen LogP contribution is -2.52. The monoisotopic (exact) mass is 546 g/mol. The molecule has 0 saturated heterocycles. The SMILES string of the molecule is CO[Si](CCCSSSSCCC[Si](OC)(OC)c1ccccc1)(OC)c1ccccc1. The summed E-state index contributed by atoms with van der Waals surface area (Å²) in [4.78, 5) is 0. The fourth-order valence-corrected chi connectivity index (χ4v) is 15.6. The van der Waals surface area contributed by atoms with Crippen molar-refractivity contribution in [2.45, 2.75) is 24.9 Å². The van der Waals surface area contributed by atoms with Gasteiger partial charge >= 0.3 is 17.1 Å². The molecule has 0 bridgehead atoms. The quantitative estimate of drug-likeness (QED) is 0.141. The van der Waals surface area contributed by atoms with Crippen molar-refractivity contribution < 1.29 is 17.7 Å². The van der Waals surface area contributed by atoms with E-state index in [9.17, 15) is 0 Å². The second kappa shape index (κ2) is 15.9. The standard InChI is InChI=1S/C22H34O4S4Si2/c1-23-31(24-2,21-13-7-5-8-14-21)19-11-17-27-29-30-28-18-12-20-32(25-3,26-4)22-15-9-6-10-16-22/h5-10,13-16H,11-12,17-20H2,1-4H3. The van der Waals surface area contributed by atoms with E-state index in [-0.39, 0.29) is 0 Å². The van der Waals surface area contributed by atoms with Gasteiger partial charge in [-0.3, -0.25) is 0 Å². The van der Waals surface area contributed by atoms with Crippen molar-refractivity contribution >= 4 is 68.7 Å². The van der Waals surface area contributed by atoms with Gasteiger partial charge in [-0.15, -0.1) is 0 Å². The highest BCUT2D eigenvalue weighted by atomic mass is 33.7. The summed E-state index contributed by atoms with van der Waals surface area (Å²) in [6.45, 7) is 0. The van der Waals surface area contributed by atoms with E-state index in [4.69, 9.17) is 17.7 Å². The van der Waals surface area contributed by atoms with Crippen LogP contribution in [0.2, 0.25) is 12.1 Å². The van der Waals surface area contributed by atoms with E-state index in [1.807, 2.05) is 53.4 Å². The molecule has 0 spiro atoms. The molecule has 0 aliphatic rings. The fraction of sp³-hybridized carbons (Fsp3) is 0.455. The Balaban J connectivity index is 1.61. The van der Waals surface area contributed by atoms with E-state index in [2.05, 4.69) is 48.5 Å². The molecule has 0 aromatic heterocycles. The molecule has 32 heavy (non-hydrogen) atoms. The minimum Gasteiger partial charge on any atom is -0.394 e. The molecule has 0 radical (unpaired) electrons. The molecule has 2 aromatic rings. The number of hydrogen-bond donors (Lipinski definition) is 0. The summed E-state index contributed by atoms with van der Waals surface area (Å²) in [5.41, 5.74) is 0. The molecule has 2 aromatic carbocycles. The Morgan fingerprint density at radius 1 is 0.562 bits per heavy atom. The second-order valence-electron chi connectivity index (χ2n) is 7.04. The molecular weight excluding hydrogens is 513 g/mol. The predicted octanol–water partition coefficient (Wildman–Crippen LogP) is 5.73. The first-order valence-corrected chi connectivity index (χ1v) is 19.8. The van der Waals surface area contributed by atoms with Gasteiger partial charge in [-0.2, -0.15) is 0 Å². The summed E-state index contributed by atoms with van der Waals surface area (Å²) >= 11 is 0. The summed E-state index contributed by atoms with van der Waals surface area (Å²) < 4.78 is 23.6. The van der Waals surface area contributed by atoms with Crippen LogP contribution in [0.3, 0.4) is 0 Å². The molecule has 0 saturated carbocycles. The smallest absolute Gasteiger partial charge is 0.372 e. The molecule has 2 rings (SSSR count). The van der Waals surface area contributed by atoms with Gasteiger partial charge in [-0.25, -0.2) is 0 Å². The molecule has 10 heteroatoms. The first-order valence-electron chi connectivity index (χ1n) is 10.6. The van der Waals surface area contributed by atoms with E-state index >= 15 is 0 Å². The van der Waals surface area contributed by atoms with Crippen LogP contribution in [-0.4, -0.2) is 57.1 Å². The lowest BCUT2D eigenvalue weighted by molar-refractivity contribution is 0.256. The fourth-order valence-electron chi connectivity index (χ4n) is 3.55. The third-order valence-corrected chi connectivity index (χ3v) is 19.1. The van der Waals surface area contributed by atoms with E-state index in [1.54, 1.807) is 28.4 Å². The third kappa shape index (κ3) is 8.40. The zero-order valence-electron chi connectivity index (χ0n) is 19.3. The summed E-state index contributed by atoms with van der Waals surface area (Å²) in [6, 6.07) is 22.7. The van der Waals surface area contributed by atoms with Crippen LogP contribution in [0.25, 0.3) is 0 Å². The van der Waals surface area contributed by atoms with E-state index < -0.39 is 17.1 Å². The summed E-state index contributed by atoms with van der Waals surface area (Å²) in [7, 11) is 10.0. The lowest BCUT2D eigenvalue weighted by atomic mass is 10.4. The van der Waals surface area contributed by atoms with Crippen LogP contribution in [-0.2, 0) is 17.7 Å². The van der Waals surface area contributed by atoms with Gasteiger partial charge in [-0.05, 0) is 55.0 Å². The minimum atomic E-state index is -2.31. The van der Waals surface area contributed by atoms with Crippen molar-refractivity contribution in [3.05, 3.63) is 60.7 Å². The van der Waals surface area contributed by atoms with E-state index in [0.29, 0.717) is 0 Å². The molecule has 0 heterocycles. The van der Waals surface area contributed by atoms with Gasteiger partial charge in [0, 0.05) is 39.9 Å². The number of rotatable bonds is 17. The second-order valence-corrected chi connectivity index (χ2v) is 20.1. The highest BCUT2D eigenvalue weighted by Crippen LogP contribution is 2.43. The lowest BCUT2D eigenvalue weighted by Gasteiger charge is -2.27. The normalized spacial score (nSPS) is 12.2. The molecule has 4 nitrogen and oxygen atoms in total. The van der Waals surface area contributed by atoms with Gasteiger partial charge in [0.25, 0.3) is 0 Å². The Bertz CT molecular complexity index is 672. The Morgan fingerprint density at radius 2 is 0.906 bits per heavy atom. The van der Waals surface area contributed by atoms with Crippen LogP contribution in [0.15, 0.2) is 60.7 Å². The van der Waals surface area contributed by atoms with Crippen LogP contribution in [0.4, 0.5) is 0 Å². The molecule has 178 valence electrons. The van der Waals surface area contributed by atoms with Gasteiger partial charge in [-0.1, -0.05) is 82.3 Å². The van der Waals surface area contributed by atoms with Crippen LogP contribution in [0.5, 0.6) is 0 Å². The molecule has 0 atom stereocenters. The van der Waals surface area contributed by atoms with Crippen molar-refractivity contribution in [1.29, 1.82) is 0 Å². The molecule has 0 fully saturated rings. The highest BCUT2D eigenvalue weighted by molar-refractivity contribution is 9.26. The van der Waals surface area contributed by atoms with Crippen molar-refractivity contribution in [2.75, 3.05) is 39.9 Å². The Hall–Kier alpha value is 0.114.